The molecular formula is C25H38N2OS. The number of nitrogens with zero attached hydrogens (tertiary/aromatic N) is 2. The zero-order chi connectivity index (χ0) is 21.9. The van der Waals surface area contributed by atoms with Crippen molar-refractivity contribution in [2.45, 2.75) is 62.3 Å². The van der Waals surface area contributed by atoms with Crippen LogP contribution in [-0.4, -0.2) is 24.4 Å². The summed E-state index contributed by atoms with van der Waals surface area (Å²) in [6.07, 6.45) is 0.980. The van der Waals surface area contributed by atoms with E-state index in [0.29, 0.717) is 23.7 Å². The first-order valence-electron chi connectivity index (χ1n) is 10.8. The summed E-state index contributed by atoms with van der Waals surface area (Å²) < 4.78 is 0. The molecule has 4 heteroatoms. The zero-order valence-corrected chi connectivity index (χ0v) is 20.5. The van der Waals surface area contributed by atoms with Gasteiger partial charge < -0.3 is 4.90 Å². The van der Waals surface area contributed by atoms with Gasteiger partial charge in [-0.15, -0.1) is 0 Å². The van der Waals surface area contributed by atoms with Crippen molar-refractivity contribution in [2.75, 3.05) is 18.0 Å². The van der Waals surface area contributed by atoms with Gasteiger partial charge in [0.15, 0.2) is 11.4 Å². The Balaban J connectivity index is 2.53. The van der Waals surface area contributed by atoms with Crippen LogP contribution >= 0.6 is 11.3 Å². The molecule has 0 N–H and O–H groups in total. The van der Waals surface area contributed by atoms with Crippen molar-refractivity contribution >= 4 is 22.8 Å². The van der Waals surface area contributed by atoms with Gasteiger partial charge in [0.05, 0.1) is 10.6 Å². The minimum Gasteiger partial charge on any atom is -0.348 e. The number of hydrogen-bond donors (Lipinski definition) is 0. The molecule has 2 aromatic rings. The first-order chi connectivity index (χ1) is 13.6. The Morgan fingerprint density at radius 2 is 1.45 bits per heavy atom. The van der Waals surface area contributed by atoms with Crippen LogP contribution in [0.15, 0.2) is 12.1 Å². The summed E-state index contributed by atoms with van der Waals surface area (Å²) in [6.45, 7) is 22.0. The van der Waals surface area contributed by atoms with E-state index in [1.165, 1.54) is 28.0 Å². The second kappa shape index (κ2) is 9.88. The van der Waals surface area contributed by atoms with Crippen molar-refractivity contribution in [3.63, 3.8) is 0 Å². The molecule has 2 atom stereocenters. The summed E-state index contributed by atoms with van der Waals surface area (Å²) in [7, 11) is 0. The maximum Gasteiger partial charge on any atom is 0.186 e. The lowest BCUT2D eigenvalue weighted by molar-refractivity contribution is 0.112. The largest absolute Gasteiger partial charge is 0.348 e. The van der Waals surface area contributed by atoms with Crippen molar-refractivity contribution in [1.29, 1.82) is 0 Å². The van der Waals surface area contributed by atoms with Crippen LogP contribution in [0.1, 0.15) is 67.9 Å². The molecule has 3 nitrogen and oxygen atoms in total. The minimum absolute atomic E-state index is 0.559. The van der Waals surface area contributed by atoms with Crippen molar-refractivity contribution in [1.82, 2.24) is 4.98 Å². The van der Waals surface area contributed by atoms with E-state index in [1.807, 2.05) is 0 Å². The standard InChI is InChI=1S/C25H38N2OS/c1-15(2)19(7)12-27(13-20(8)16(3)4)25-26-24(22(14-28)29-25)23-18(6)11-10-17(5)21(23)9/h10-11,14-16,19-20H,12-13H2,1-9H3. The molecule has 0 saturated heterocycles. The molecule has 0 aliphatic carbocycles. The molecule has 29 heavy (non-hydrogen) atoms. The van der Waals surface area contributed by atoms with Gasteiger partial charge in [-0.25, -0.2) is 4.98 Å². The number of hydrogen-bond acceptors (Lipinski definition) is 4. The summed E-state index contributed by atoms with van der Waals surface area (Å²) >= 11 is 1.54. The van der Waals surface area contributed by atoms with E-state index in [1.54, 1.807) is 0 Å². The van der Waals surface area contributed by atoms with E-state index >= 15 is 0 Å². The summed E-state index contributed by atoms with van der Waals surface area (Å²) in [4.78, 5) is 20.2. The third-order valence-corrected chi connectivity index (χ3v) is 7.54. The minimum atomic E-state index is 0.559. The van der Waals surface area contributed by atoms with Gasteiger partial charge in [-0.2, -0.15) is 0 Å². The Kier molecular flexibility index (Phi) is 8.04. The quantitative estimate of drug-likeness (QED) is 0.417. The van der Waals surface area contributed by atoms with Gasteiger partial charge in [0.2, 0.25) is 0 Å². The predicted molar refractivity (Wildman–Crippen MR) is 127 cm³/mol. The van der Waals surface area contributed by atoms with Crippen LogP contribution < -0.4 is 4.90 Å². The summed E-state index contributed by atoms with van der Waals surface area (Å²) in [5.74, 6) is 2.34. The highest BCUT2D eigenvalue weighted by atomic mass is 32.1. The van der Waals surface area contributed by atoms with Crippen LogP contribution in [-0.2, 0) is 0 Å². The van der Waals surface area contributed by atoms with Gasteiger partial charge in [-0.3, -0.25) is 4.79 Å². The number of aldehydes is 1. The lowest BCUT2D eigenvalue weighted by atomic mass is 9.95. The molecule has 0 bridgehead atoms. The highest BCUT2D eigenvalue weighted by Crippen LogP contribution is 2.37. The number of aromatic nitrogens is 1. The first-order valence-corrected chi connectivity index (χ1v) is 11.7. The number of carbonyl (C=O) groups excluding carboxylic acids is 1. The topological polar surface area (TPSA) is 33.2 Å². The molecule has 1 heterocycles. The summed E-state index contributed by atoms with van der Waals surface area (Å²) in [5.41, 5.74) is 5.57. The van der Waals surface area contributed by atoms with E-state index in [0.717, 1.165) is 40.6 Å². The van der Waals surface area contributed by atoms with E-state index in [9.17, 15) is 4.79 Å². The fraction of sp³-hybridized carbons (Fsp3) is 0.600. The summed E-state index contributed by atoms with van der Waals surface area (Å²) in [5, 5.41) is 0.974. The normalized spacial score (nSPS) is 13.8. The van der Waals surface area contributed by atoms with E-state index in [-0.39, 0.29) is 0 Å². The Morgan fingerprint density at radius 1 is 0.931 bits per heavy atom. The molecule has 0 fully saturated rings. The molecule has 160 valence electrons. The lowest BCUT2D eigenvalue weighted by Crippen LogP contribution is -2.35. The van der Waals surface area contributed by atoms with Gasteiger partial charge >= 0.3 is 0 Å². The van der Waals surface area contributed by atoms with Crippen LogP contribution in [0.5, 0.6) is 0 Å². The smallest absolute Gasteiger partial charge is 0.186 e. The Hall–Kier alpha value is -1.68. The number of aryl methyl sites for hydroxylation is 2. The SMILES string of the molecule is Cc1ccc(C)c(-c2nc(N(CC(C)C(C)C)CC(C)C(C)C)sc2C=O)c1C. The van der Waals surface area contributed by atoms with Crippen LogP contribution in [0, 0.1) is 44.4 Å². The molecule has 0 saturated carbocycles. The molecule has 0 spiro atoms. The van der Waals surface area contributed by atoms with Crippen LogP contribution in [0.25, 0.3) is 11.3 Å². The van der Waals surface area contributed by atoms with Gasteiger partial charge in [0.1, 0.15) is 0 Å². The second-order valence-electron chi connectivity index (χ2n) is 9.37. The van der Waals surface area contributed by atoms with E-state index in [4.69, 9.17) is 4.98 Å². The fourth-order valence-electron chi connectivity index (χ4n) is 3.38. The van der Waals surface area contributed by atoms with Gasteiger partial charge in [-0.05, 0) is 61.1 Å². The Morgan fingerprint density at radius 3 is 1.93 bits per heavy atom. The monoisotopic (exact) mass is 414 g/mol. The van der Waals surface area contributed by atoms with Crippen LogP contribution in [0.2, 0.25) is 0 Å². The number of anilines is 1. The fourth-order valence-corrected chi connectivity index (χ4v) is 4.28. The van der Waals surface area contributed by atoms with Crippen LogP contribution in [0.4, 0.5) is 5.13 Å². The summed E-state index contributed by atoms with van der Waals surface area (Å²) in [6, 6.07) is 4.27. The highest BCUT2D eigenvalue weighted by molar-refractivity contribution is 7.17. The van der Waals surface area contributed by atoms with Crippen molar-refractivity contribution in [3.8, 4) is 11.3 Å². The van der Waals surface area contributed by atoms with Crippen molar-refractivity contribution in [2.24, 2.45) is 23.7 Å². The molecule has 2 unspecified atom stereocenters. The Bertz CT molecular complexity index is 822. The number of rotatable bonds is 9. The number of carbonyl (C=O) groups is 1. The molecule has 0 radical (unpaired) electrons. The average molecular weight is 415 g/mol. The molecular weight excluding hydrogens is 376 g/mol. The van der Waals surface area contributed by atoms with E-state index in [2.05, 4.69) is 79.3 Å². The van der Waals surface area contributed by atoms with Gasteiger partial charge in [-0.1, -0.05) is 65.0 Å². The van der Waals surface area contributed by atoms with Crippen molar-refractivity contribution < 1.29 is 4.79 Å². The third kappa shape index (κ3) is 5.48. The maximum atomic E-state index is 12.0. The highest BCUT2D eigenvalue weighted by Gasteiger charge is 2.24. The average Bonchev–Trinajstić information content (AvgIpc) is 3.08. The lowest BCUT2D eigenvalue weighted by Gasteiger charge is -2.31. The van der Waals surface area contributed by atoms with E-state index < -0.39 is 0 Å². The first kappa shape index (κ1) is 23.6. The van der Waals surface area contributed by atoms with Crippen LogP contribution in [0.3, 0.4) is 0 Å². The zero-order valence-electron chi connectivity index (χ0n) is 19.7. The molecule has 0 aliphatic heterocycles. The molecule has 1 aromatic carbocycles. The molecule has 2 rings (SSSR count). The molecule has 0 amide bonds. The number of thiazole rings is 1. The predicted octanol–water partition coefficient (Wildman–Crippen LogP) is 6.94. The third-order valence-electron chi connectivity index (χ3n) is 6.49. The Labute approximate surface area is 181 Å². The van der Waals surface area contributed by atoms with Gasteiger partial charge in [0, 0.05) is 18.7 Å². The molecule has 1 aromatic heterocycles. The second-order valence-corrected chi connectivity index (χ2v) is 10.4. The maximum absolute atomic E-state index is 12.0. The van der Waals surface area contributed by atoms with Crippen molar-refractivity contribution in [3.05, 3.63) is 33.7 Å². The number of benzene rings is 1. The van der Waals surface area contributed by atoms with Gasteiger partial charge in [0.25, 0.3) is 0 Å². The molecule has 0 aliphatic rings.